The largest absolute Gasteiger partial charge is 0.380 e. The lowest BCUT2D eigenvalue weighted by molar-refractivity contribution is 0.00324. The first-order valence-electron chi connectivity index (χ1n) is 3.95. The van der Waals surface area contributed by atoms with Crippen molar-refractivity contribution in [3.63, 3.8) is 0 Å². The molecule has 0 spiro atoms. The van der Waals surface area contributed by atoms with E-state index in [9.17, 15) is 0 Å². The lowest BCUT2D eigenvalue weighted by Gasteiger charge is -2.33. The van der Waals surface area contributed by atoms with E-state index < -0.39 is 0 Å². The lowest BCUT2D eigenvalue weighted by atomic mass is 9.96. The Balaban J connectivity index is 2.38. The second-order valence-corrected chi connectivity index (χ2v) is 3.30. The maximum absolute atomic E-state index is 5.33. The number of ether oxygens (including phenoxy) is 1. The Kier molecular flexibility index (Phi) is 2.69. The molecule has 0 aliphatic carbocycles. The normalized spacial score (nSPS) is 36.3. The van der Waals surface area contributed by atoms with E-state index in [1.54, 1.807) is 7.11 Å². The van der Waals surface area contributed by atoms with Crippen LogP contribution in [0.25, 0.3) is 0 Å². The van der Waals surface area contributed by atoms with Gasteiger partial charge in [-0.15, -0.1) is 0 Å². The molecule has 0 aromatic carbocycles. The van der Waals surface area contributed by atoms with Crippen LogP contribution in [0.5, 0.6) is 0 Å². The molecule has 1 heterocycles. The summed E-state index contributed by atoms with van der Waals surface area (Å²) in [6, 6.07) is 0. The second-order valence-electron chi connectivity index (χ2n) is 3.30. The van der Waals surface area contributed by atoms with Crippen LogP contribution in [-0.2, 0) is 4.74 Å². The van der Waals surface area contributed by atoms with Gasteiger partial charge in [-0.05, 0) is 25.9 Å². The zero-order valence-corrected chi connectivity index (χ0v) is 7.13. The molecular formula is C8H17NO. The van der Waals surface area contributed by atoms with Gasteiger partial charge >= 0.3 is 0 Å². The average Bonchev–Trinajstić information content (AvgIpc) is 1.94. The van der Waals surface area contributed by atoms with Gasteiger partial charge in [-0.25, -0.2) is 0 Å². The monoisotopic (exact) mass is 143 g/mol. The second kappa shape index (κ2) is 3.35. The molecule has 0 amide bonds. The molecule has 2 heteroatoms. The molecule has 0 saturated carbocycles. The van der Waals surface area contributed by atoms with Crippen molar-refractivity contribution in [2.75, 3.05) is 27.2 Å². The summed E-state index contributed by atoms with van der Waals surface area (Å²) in [5.74, 6) is 0.737. The van der Waals surface area contributed by atoms with Crippen LogP contribution in [0, 0.1) is 5.92 Å². The molecule has 10 heavy (non-hydrogen) atoms. The third-order valence-corrected chi connectivity index (χ3v) is 2.40. The zero-order valence-electron chi connectivity index (χ0n) is 7.13. The average molecular weight is 143 g/mol. The lowest BCUT2D eigenvalue weighted by Crippen LogP contribution is -2.41. The number of likely N-dealkylation sites (N-methyl/N-ethyl adjacent to an activating group) is 1. The topological polar surface area (TPSA) is 12.5 Å². The van der Waals surface area contributed by atoms with Crippen molar-refractivity contribution in [2.24, 2.45) is 5.92 Å². The van der Waals surface area contributed by atoms with Gasteiger partial charge in [0.15, 0.2) is 0 Å². The van der Waals surface area contributed by atoms with Gasteiger partial charge < -0.3 is 9.64 Å². The van der Waals surface area contributed by atoms with E-state index in [0.29, 0.717) is 6.10 Å². The quantitative estimate of drug-likeness (QED) is 0.542. The number of hydrogen-bond donors (Lipinski definition) is 0. The van der Waals surface area contributed by atoms with Crippen LogP contribution in [0.1, 0.15) is 13.3 Å². The minimum Gasteiger partial charge on any atom is -0.380 e. The highest BCUT2D eigenvalue weighted by Crippen LogP contribution is 2.17. The molecule has 0 N–H and O–H groups in total. The Morgan fingerprint density at radius 1 is 1.50 bits per heavy atom. The fourth-order valence-corrected chi connectivity index (χ4v) is 1.50. The first kappa shape index (κ1) is 8.02. The fourth-order valence-electron chi connectivity index (χ4n) is 1.50. The van der Waals surface area contributed by atoms with Crippen molar-refractivity contribution in [1.82, 2.24) is 4.90 Å². The van der Waals surface area contributed by atoms with Crippen LogP contribution in [0.2, 0.25) is 0 Å². The number of nitrogens with zero attached hydrogens (tertiary/aromatic N) is 1. The minimum atomic E-state index is 0.457. The molecule has 2 atom stereocenters. The Hall–Kier alpha value is -0.0800. The van der Waals surface area contributed by atoms with E-state index in [2.05, 4.69) is 18.9 Å². The highest BCUT2D eigenvalue weighted by Gasteiger charge is 2.23. The van der Waals surface area contributed by atoms with Gasteiger partial charge in [0, 0.05) is 13.7 Å². The van der Waals surface area contributed by atoms with E-state index >= 15 is 0 Å². The number of hydrogen-bond acceptors (Lipinski definition) is 2. The van der Waals surface area contributed by atoms with Gasteiger partial charge in [0.05, 0.1) is 6.10 Å². The predicted octanol–water partition coefficient (Wildman–Crippen LogP) is 0.973. The maximum atomic E-state index is 5.33. The molecule has 1 aliphatic rings. The molecule has 1 rings (SSSR count). The van der Waals surface area contributed by atoms with E-state index in [0.717, 1.165) is 12.5 Å². The summed E-state index contributed by atoms with van der Waals surface area (Å²) in [5, 5.41) is 0. The van der Waals surface area contributed by atoms with Crippen LogP contribution in [0.3, 0.4) is 0 Å². The highest BCUT2D eigenvalue weighted by atomic mass is 16.5. The first-order valence-corrected chi connectivity index (χ1v) is 3.95. The fraction of sp³-hybridized carbons (Fsp3) is 1.00. The number of rotatable bonds is 1. The minimum absolute atomic E-state index is 0.457. The summed E-state index contributed by atoms with van der Waals surface area (Å²) in [7, 11) is 3.96. The molecule has 1 fully saturated rings. The number of likely N-dealkylation sites (tertiary alicyclic amines) is 1. The van der Waals surface area contributed by atoms with Crippen molar-refractivity contribution in [2.45, 2.75) is 19.4 Å². The summed E-state index contributed by atoms with van der Waals surface area (Å²) < 4.78 is 5.33. The van der Waals surface area contributed by atoms with Crippen LogP contribution >= 0.6 is 0 Å². The van der Waals surface area contributed by atoms with Crippen molar-refractivity contribution >= 4 is 0 Å². The van der Waals surface area contributed by atoms with Crippen molar-refractivity contribution in [1.29, 1.82) is 0 Å². The van der Waals surface area contributed by atoms with Gasteiger partial charge in [-0.1, -0.05) is 6.92 Å². The van der Waals surface area contributed by atoms with Gasteiger partial charge in [-0.3, -0.25) is 0 Å². The third kappa shape index (κ3) is 1.70. The molecule has 60 valence electrons. The summed E-state index contributed by atoms with van der Waals surface area (Å²) in [6.07, 6.45) is 1.73. The summed E-state index contributed by atoms with van der Waals surface area (Å²) >= 11 is 0. The van der Waals surface area contributed by atoms with Crippen LogP contribution < -0.4 is 0 Å². The smallest absolute Gasteiger partial charge is 0.0724 e. The molecule has 0 aromatic rings. The highest BCUT2D eigenvalue weighted by molar-refractivity contribution is 4.76. The number of piperidine rings is 1. The Morgan fingerprint density at radius 3 is 2.70 bits per heavy atom. The van der Waals surface area contributed by atoms with Crippen LogP contribution in [-0.4, -0.2) is 38.3 Å². The maximum Gasteiger partial charge on any atom is 0.0724 e. The number of methoxy groups -OCH3 is 1. The predicted molar refractivity (Wildman–Crippen MR) is 42.1 cm³/mol. The first-order chi connectivity index (χ1) is 4.74. The van der Waals surface area contributed by atoms with Crippen molar-refractivity contribution < 1.29 is 4.74 Å². The molecule has 0 bridgehead atoms. The molecule has 2 nitrogen and oxygen atoms in total. The molecule has 0 radical (unpaired) electrons. The standard InChI is InChI=1S/C8H17NO/c1-7-4-5-9(2)6-8(7)10-3/h7-8H,4-6H2,1-3H3/t7-,8+/m1/s1. The molecule has 0 aromatic heterocycles. The summed E-state index contributed by atoms with van der Waals surface area (Å²) in [6.45, 7) is 4.58. The van der Waals surface area contributed by atoms with E-state index in [1.807, 2.05) is 0 Å². The van der Waals surface area contributed by atoms with E-state index in [4.69, 9.17) is 4.74 Å². The van der Waals surface area contributed by atoms with E-state index in [1.165, 1.54) is 13.0 Å². The van der Waals surface area contributed by atoms with Gasteiger partial charge in [0.2, 0.25) is 0 Å². The van der Waals surface area contributed by atoms with Crippen LogP contribution in [0.15, 0.2) is 0 Å². The summed E-state index contributed by atoms with van der Waals surface area (Å²) in [4.78, 5) is 2.33. The van der Waals surface area contributed by atoms with Crippen molar-refractivity contribution in [3.05, 3.63) is 0 Å². The third-order valence-electron chi connectivity index (χ3n) is 2.40. The van der Waals surface area contributed by atoms with E-state index in [-0.39, 0.29) is 0 Å². The van der Waals surface area contributed by atoms with Gasteiger partial charge in [-0.2, -0.15) is 0 Å². The molecule has 0 unspecified atom stereocenters. The Morgan fingerprint density at radius 2 is 2.20 bits per heavy atom. The van der Waals surface area contributed by atoms with Gasteiger partial charge in [0.1, 0.15) is 0 Å². The van der Waals surface area contributed by atoms with Gasteiger partial charge in [0.25, 0.3) is 0 Å². The molecular weight excluding hydrogens is 126 g/mol. The molecule has 1 aliphatic heterocycles. The zero-order chi connectivity index (χ0) is 7.56. The van der Waals surface area contributed by atoms with Crippen molar-refractivity contribution in [3.8, 4) is 0 Å². The SMILES string of the molecule is CO[C@H]1CN(C)CC[C@H]1C. The Labute approximate surface area is 63.2 Å². The molecule has 1 saturated heterocycles. The Bertz CT molecular complexity index is 105. The summed E-state index contributed by atoms with van der Waals surface area (Å²) in [5.41, 5.74) is 0. The van der Waals surface area contributed by atoms with Crippen LogP contribution in [0.4, 0.5) is 0 Å².